The Kier molecular flexibility index (Phi) is 5.04. The Morgan fingerprint density at radius 1 is 1.25 bits per heavy atom. The van der Waals surface area contributed by atoms with E-state index in [-0.39, 0.29) is 18.5 Å². The van der Waals surface area contributed by atoms with Crippen LogP contribution in [0.3, 0.4) is 0 Å². The molecule has 1 heterocycles. The summed E-state index contributed by atoms with van der Waals surface area (Å²) in [6.07, 6.45) is 0.565. The van der Waals surface area contributed by atoms with Crippen LogP contribution in [0.4, 0.5) is 4.79 Å². The molecule has 0 aromatic heterocycles. The van der Waals surface area contributed by atoms with E-state index in [0.717, 1.165) is 13.0 Å². The molecule has 1 rings (SSSR count). The molecule has 0 atom stereocenters. The normalized spacial score (nSPS) is 17.9. The summed E-state index contributed by atoms with van der Waals surface area (Å²) in [4.78, 5) is 25.9. The number of carbonyl (C=O) groups excluding carboxylic acids is 2. The molecule has 0 aromatic rings. The Morgan fingerprint density at radius 2 is 2.00 bits per heavy atom. The summed E-state index contributed by atoms with van der Waals surface area (Å²) in [5, 5.41) is 0. The number of nitrogens with zero attached hydrogens (tertiary/aromatic N) is 2. The summed E-state index contributed by atoms with van der Waals surface area (Å²) in [7, 11) is 0. The van der Waals surface area contributed by atoms with E-state index in [0.29, 0.717) is 26.2 Å². The molecule has 2 amide bonds. The minimum absolute atomic E-state index is 0.261. The van der Waals surface area contributed by atoms with Crippen molar-refractivity contribution < 1.29 is 14.3 Å². The van der Waals surface area contributed by atoms with Gasteiger partial charge in [0.2, 0.25) is 5.91 Å². The molecule has 0 spiro atoms. The average molecular weight is 229 g/mol. The number of amides is 2. The number of hydrogen-bond donors (Lipinski definition) is 1. The molecule has 6 nitrogen and oxygen atoms in total. The molecular formula is C10H19N3O3. The first-order valence-corrected chi connectivity index (χ1v) is 5.56. The van der Waals surface area contributed by atoms with Gasteiger partial charge in [-0.25, -0.2) is 4.79 Å². The number of nitrogens with two attached hydrogens (primary N) is 1. The van der Waals surface area contributed by atoms with E-state index < -0.39 is 0 Å². The van der Waals surface area contributed by atoms with Gasteiger partial charge in [-0.05, 0) is 13.3 Å². The molecule has 0 saturated carbocycles. The van der Waals surface area contributed by atoms with Crippen molar-refractivity contribution >= 4 is 12.0 Å². The number of carbonyl (C=O) groups is 2. The largest absolute Gasteiger partial charge is 0.450 e. The van der Waals surface area contributed by atoms with Crippen molar-refractivity contribution in [1.29, 1.82) is 0 Å². The lowest BCUT2D eigenvalue weighted by molar-refractivity contribution is -0.119. The molecule has 0 unspecified atom stereocenters. The van der Waals surface area contributed by atoms with Gasteiger partial charge in [-0.3, -0.25) is 9.69 Å². The Bertz CT molecular complexity index is 258. The highest BCUT2D eigenvalue weighted by Crippen LogP contribution is 2.04. The topological polar surface area (TPSA) is 75.9 Å². The maximum atomic E-state index is 11.5. The van der Waals surface area contributed by atoms with E-state index in [4.69, 9.17) is 10.5 Å². The number of primary amides is 1. The monoisotopic (exact) mass is 229 g/mol. The molecule has 0 aliphatic carbocycles. The lowest BCUT2D eigenvalue weighted by atomic mass is 10.4. The van der Waals surface area contributed by atoms with Crippen molar-refractivity contribution in [3.63, 3.8) is 0 Å². The molecular weight excluding hydrogens is 210 g/mol. The van der Waals surface area contributed by atoms with Crippen LogP contribution in [0.5, 0.6) is 0 Å². The maximum absolute atomic E-state index is 11.5. The third-order valence-electron chi connectivity index (χ3n) is 2.49. The van der Waals surface area contributed by atoms with Crippen LogP contribution in [0.1, 0.15) is 13.3 Å². The average Bonchev–Trinajstić information content (AvgIpc) is 2.43. The molecule has 92 valence electrons. The first-order valence-electron chi connectivity index (χ1n) is 5.56. The highest BCUT2D eigenvalue weighted by molar-refractivity contribution is 5.75. The maximum Gasteiger partial charge on any atom is 0.409 e. The van der Waals surface area contributed by atoms with Gasteiger partial charge in [0.1, 0.15) is 0 Å². The second-order valence-corrected chi connectivity index (χ2v) is 3.78. The molecule has 1 aliphatic heterocycles. The lowest BCUT2D eigenvalue weighted by Gasteiger charge is -2.20. The van der Waals surface area contributed by atoms with Gasteiger partial charge in [-0.15, -0.1) is 0 Å². The SMILES string of the molecule is CCOC(=O)N1CCCN(CC(N)=O)CC1. The number of hydrogen-bond acceptors (Lipinski definition) is 4. The van der Waals surface area contributed by atoms with Crippen LogP contribution in [-0.4, -0.2) is 61.1 Å². The van der Waals surface area contributed by atoms with E-state index in [1.807, 2.05) is 4.90 Å². The van der Waals surface area contributed by atoms with Crippen molar-refractivity contribution in [3.8, 4) is 0 Å². The Hall–Kier alpha value is -1.30. The van der Waals surface area contributed by atoms with Gasteiger partial charge in [-0.1, -0.05) is 0 Å². The fourth-order valence-electron chi connectivity index (χ4n) is 1.75. The number of ether oxygens (including phenoxy) is 1. The smallest absolute Gasteiger partial charge is 0.409 e. The van der Waals surface area contributed by atoms with Gasteiger partial charge in [-0.2, -0.15) is 0 Å². The Morgan fingerprint density at radius 3 is 2.62 bits per heavy atom. The summed E-state index contributed by atoms with van der Waals surface area (Å²) in [6.45, 7) is 5.16. The first kappa shape index (κ1) is 12.8. The van der Waals surface area contributed by atoms with Crippen LogP contribution < -0.4 is 5.73 Å². The minimum atomic E-state index is -0.329. The third-order valence-corrected chi connectivity index (χ3v) is 2.49. The van der Waals surface area contributed by atoms with Crippen molar-refractivity contribution in [1.82, 2.24) is 9.80 Å². The van der Waals surface area contributed by atoms with Crippen LogP contribution >= 0.6 is 0 Å². The summed E-state index contributed by atoms with van der Waals surface area (Å²) in [5.74, 6) is -0.329. The van der Waals surface area contributed by atoms with Crippen LogP contribution in [0, 0.1) is 0 Å². The van der Waals surface area contributed by atoms with E-state index in [1.165, 1.54) is 0 Å². The van der Waals surface area contributed by atoms with Gasteiger partial charge < -0.3 is 15.4 Å². The number of rotatable bonds is 3. The van der Waals surface area contributed by atoms with Gasteiger partial charge in [0.25, 0.3) is 0 Å². The third kappa shape index (κ3) is 4.06. The molecule has 0 radical (unpaired) electrons. The predicted molar refractivity (Wildman–Crippen MR) is 58.8 cm³/mol. The van der Waals surface area contributed by atoms with Crippen LogP contribution in [0.2, 0.25) is 0 Å². The second-order valence-electron chi connectivity index (χ2n) is 3.78. The van der Waals surface area contributed by atoms with Crippen LogP contribution in [-0.2, 0) is 9.53 Å². The molecule has 0 bridgehead atoms. The minimum Gasteiger partial charge on any atom is -0.450 e. The van der Waals surface area contributed by atoms with Crippen molar-refractivity contribution in [3.05, 3.63) is 0 Å². The Balaban J connectivity index is 2.39. The molecule has 0 aromatic carbocycles. The van der Waals surface area contributed by atoms with Crippen LogP contribution in [0.15, 0.2) is 0 Å². The van der Waals surface area contributed by atoms with E-state index in [2.05, 4.69) is 0 Å². The summed E-state index contributed by atoms with van der Waals surface area (Å²) >= 11 is 0. The van der Waals surface area contributed by atoms with Gasteiger partial charge in [0, 0.05) is 26.2 Å². The van der Waals surface area contributed by atoms with Crippen molar-refractivity contribution in [2.24, 2.45) is 5.73 Å². The summed E-state index contributed by atoms with van der Waals surface area (Å²) in [6, 6.07) is 0. The van der Waals surface area contributed by atoms with E-state index >= 15 is 0 Å². The molecule has 6 heteroatoms. The van der Waals surface area contributed by atoms with E-state index in [1.54, 1.807) is 11.8 Å². The summed E-state index contributed by atoms with van der Waals surface area (Å²) in [5.41, 5.74) is 5.13. The zero-order valence-electron chi connectivity index (χ0n) is 9.65. The standard InChI is InChI=1S/C10H19N3O3/c1-2-16-10(15)13-5-3-4-12(6-7-13)8-9(11)14/h2-8H2,1H3,(H2,11,14). The van der Waals surface area contributed by atoms with Crippen molar-refractivity contribution in [2.75, 3.05) is 39.3 Å². The molecule has 1 saturated heterocycles. The van der Waals surface area contributed by atoms with Crippen LogP contribution in [0.25, 0.3) is 0 Å². The summed E-state index contributed by atoms with van der Waals surface area (Å²) < 4.78 is 4.93. The fraction of sp³-hybridized carbons (Fsp3) is 0.800. The predicted octanol–water partition coefficient (Wildman–Crippen LogP) is -0.364. The zero-order valence-corrected chi connectivity index (χ0v) is 9.65. The molecule has 1 fully saturated rings. The van der Waals surface area contributed by atoms with Crippen molar-refractivity contribution in [2.45, 2.75) is 13.3 Å². The van der Waals surface area contributed by atoms with E-state index in [9.17, 15) is 9.59 Å². The zero-order chi connectivity index (χ0) is 12.0. The quantitative estimate of drug-likeness (QED) is 0.716. The van der Waals surface area contributed by atoms with Gasteiger partial charge >= 0.3 is 6.09 Å². The molecule has 1 aliphatic rings. The Labute approximate surface area is 95.3 Å². The fourth-order valence-corrected chi connectivity index (χ4v) is 1.75. The van der Waals surface area contributed by atoms with Gasteiger partial charge in [0.15, 0.2) is 0 Å². The lowest BCUT2D eigenvalue weighted by Crippen LogP contribution is -2.38. The second kappa shape index (κ2) is 6.32. The molecule has 16 heavy (non-hydrogen) atoms. The first-order chi connectivity index (χ1) is 7.63. The van der Waals surface area contributed by atoms with Gasteiger partial charge in [0.05, 0.1) is 13.2 Å². The highest BCUT2D eigenvalue weighted by atomic mass is 16.6. The molecule has 2 N–H and O–H groups in total. The highest BCUT2D eigenvalue weighted by Gasteiger charge is 2.20.